The zero-order valence-electron chi connectivity index (χ0n) is 15.0. The maximum atomic E-state index is 10.8. The molecule has 0 heterocycles. The molecular weight excluding hydrogens is 328 g/mol. The molecule has 0 radical (unpaired) electrons. The molecule has 2 aromatic rings. The SMILES string of the molecule is CCCCC(COc1ccc(-c2cccc(CC#N)c2)cc1)N(O)C=O. The third-order valence-electron chi connectivity index (χ3n) is 4.21. The van der Waals surface area contributed by atoms with Gasteiger partial charge in [0.1, 0.15) is 12.4 Å². The standard InChI is InChI=1S/C21H24N2O3/c1-2-3-7-20(23(25)16-24)15-26-21-10-8-18(9-11-21)19-6-4-5-17(14-19)12-13-22/h4-6,8-11,14,16,20,25H,2-3,7,12,15H2,1H3. The summed E-state index contributed by atoms with van der Waals surface area (Å²) in [4.78, 5) is 10.8. The first-order valence-corrected chi connectivity index (χ1v) is 8.79. The predicted octanol–water partition coefficient (Wildman–Crippen LogP) is 4.20. The summed E-state index contributed by atoms with van der Waals surface area (Å²) in [7, 11) is 0. The van der Waals surface area contributed by atoms with Crippen LogP contribution in [0.3, 0.4) is 0 Å². The third-order valence-corrected chi connectivity index (χ3v) is 4.21. The van der Waals surface area contributed by atoms with E-state index in [0.29, 0.717) is 30.1 Å². The average Bonchev–Trinajstić information content (AvgIpc) is 2.68. The lowest BCUT2D eigenvalue weighted by Crippen LogP contribution is -2.36. The molecule has 0 fully saturated rings. The summed E-state index contributed by atoms with van der Waals surface area (Å²) in [6.07, 6.45) is 3.40. The lowest BCUT2D eigenvalue weighted by Gasteiger charge is -2.22. The number of hydroxylamine groups is 2. The van der Waals surface area contributed by atoms with Crippen molar-refractivity contribution in [3.8, 4) is 22.9 Å². The number of ether oxygens (including phenoxy) is 1. The fourth-order valence-electron chi connectivity index (χ4n) is 2.71. The van der Waals surface area contributed by atoms with Crippen molar-refractivity contribution < 1.29 is 14.7 Å². The number of amides is 1. The predicted molar refractivity (Wildman–Crippen MR) is 99.7 cm³/mol. The van der Waals surface area contributed by atoms with Crippen LogP contribution in [0.25, 0.3) is 11.1 Å². The van der Waals surface area contributed by atoms with Crippen molar-refractivity contribution in [1.82, 2.24) is 5.06 Å². The smallest absolute Gasteiger partial charge is 0.233 e. The van der Waals surface area contributed by atoms with Crippen molar-refractivity contribution in [1.29, 1.82) is 5.26 Å². The first kappa shape index (κ1) is 19.5. The number of carbonyl (C=O) groups excluding carboxylic acids is 1. The van der Waals surface area contributed by atoms with E-state index in [-0.39, 0.29) is 12.6 Å². The minimum atomic E-state index is -0.352. The van der Waals surface area contributed by atoms with Gasteiger partial charge in [0, 0.05) is 0 Å². The Hall–Kier alpha value is -2.84. The van der Waals surface area contributed by atoms with Crippen LogP contribution in [0.5, 0.6) is 5.75 Å². The summed E-state index contributed by atoms with van der Waals surface area (Å²) in [6.45, 7) is 2.30. The van der Waals surface area contributed by atoms with E-state index in [0.717, 1.165) is 29.5 Å². The van der Waals surface area contributed by atoms with Crippen LogP contribution in [0.4, 0.5) is 0 Å². The average molecular weight is 352 g/mol. The van der Waals surface area contributed by atoms with Gasteiger partial charge in [-0.3, -0.25) is 10.0 Å². The number of nitrogens with zero attached hydrogens (tertiary/aromatic N) is 2. The van der Waals surface area contributed by atoms with Gasteiger partial charge in [-0.1, -0.05) is 56.2 Å². The monoisotopic (exact) mass is 352 g/mol. The summed E-state index contributed by atoms with van der Waals surface area (Å²) in [6, 6.07) is 17.3. The largest absolute Gasteiger partial charge is 0.491 e. The molecule has 2 rings (SSSR count). The van der Waals surface area contributed by atoms with Gasteiger partial charge in [-0.05, 0) is 35.2 Å². The van der Waals surface area contributed by atoms with Gasteiger partial charge in [0.25, 0.3) is 0 Å². The van der Waals surface area contributed by atoms with Crippen molar-refractivity contribution in [2.75, 3.05) is 6.61 Å². The highest BCUT2D eigenvalue weighted by molar-refractivity contribution is 5.65. The van der Waals surface area contributed by atoms with Gasteiger partial charge in [0.15, 0.2) is 0 Å². The maximum absolute atomic E-state index is 10.8. The van der Waals surface area contributed by atoms with Crippen molar-refractivity contribution in [3.05, 3.63) is 54.1 Å². The molecule has 1 N–H and O–H groups in total. The summed E-state index contributed by atoms with van der Waals surface area (Å²) >= 11 is 0. The second-order valence-electron chi connectivity index (χ2n) is 6.15. The Morgan fingerprint density at radius 3 is 2.65 bits per heavy atom. The van der Waals surface area contributed by atoms with Crippen LogP contribution >= 0.6 is 0 Å². The van der Waals surface area contributed by atoms with E-state index >= 15 is 0 Å². The Morgan fingerprint density at radius 2 is 2.00 bits per heavy atom. The van der Waals surface area contributed by atoms with Gasteiger partial charge in [-0.25, -0.2) is 5.06 Å². The van der Waals surface area contributed by atoms with Crippen LogP contribution in [-0.2, 0) is 11.2 Å². The molecule has 0 saturated heterocycles. The second kappa shape index (κ2) is 10.2. The Balaban J connectivity index is 2.01. The maximum Gasteiger partial charge on any atom is 0.233 e. The van der Waals surface area contributed by atoms with E-state index in [2.05, 4.69) is 13.0 Å². The third kappa shape index (κ3) is 5.61. The molecule has 0 aliphatic carbocycles. The molecule has 0 bridgehead atoms. The van der Waals surface area contributed by atoms with E-state index in [1.54, 1.807) is 0 Å². The summed E-state index contributed by atoms with van der Waals surface area (Å²) in [5.41, 5.74) is 3.07. The Bertz CT molecular complexity index is 738. The molecule has 0 aliphatic heterocycles. The Morgan fingerprint density at radius 1 is 1.23 bits per heavy atom. The fraction of sp³-hybridized carbons (Fsp3) is 0.333. The van der Waals surface area contributed by atoms with Crippen molar-refractivity contribution >= 4 is 6.41 Å². The molecule has 0 aromatic heterocycles. The summed E-state index contributed by atoms with van der Waals surface area (Å²) in [5, 5.41) is 19.2. The van der Waals surface area contributed by atoms with Crippen molar-refractivity contribution in [2.24, 2.45) is 0 Å². The molecule has 1 atom stereocenters. The van der Waals surface area contributed by atoms with Crippen LogP contribution in [0.2, 0.25) is 0 Å². The highest BCUT2D eigenvalue weighted by Gasteiger charge is 2.15. The van der Waals surface area contributed by atoms with Crippen molar-refractivity contribution in [2.45, 2.75) is 38.6 Å². The summed E-state index contributed by atoms with van der Waals surface area (Å²) < 4.78 is 5.74. The van der Waals surface area contributed by atoms with Gasteiger partial charge in [0.05, 0.1) is 18.5 Å². The van der Waals surface area contributed by atoms with Gasteiger partial charge >= 0.3 is 0 Å². The van der Waals surface area contributed by atoms with Crippen molar-refractivity contribution in [3.63, 3.8) is 0 Å². The van der Waals surface area contributed by atoms with E-state index in [4.69, 9.17) is 10.00 Å². The minimum Gasteiger partial charge on any atom is -0.491 e. The number of hydrogen-bond acceptors (Lipinski definition) is 4. The quantitative estimate of drug-likeness (QED) is 0.395. The van der Waals surface area contributed by atoms with Crippen LogP contribution in [0, 0.1) is 11.3 Å². The Labute approximate surface area is 154 Å². The number of hydrogen-bond donors (Lipinski definition) is 1. The molecular formula is C21H24N2O3. The van der Waals surface area contributed by atoms with E-state index < -0.39 is 0 Å². The Kier molecular flexibility index (Phi) is 7.66. The molecule has 0 saturated carbocycles. The fourth-order valence-corrected chi connectivity index (χ4v) is 2.71. The number of carbonyl (C=O) groups is 1. The molecule has 5 heteroatoms. The minimum absolute atomic E-state index is 0.242. The number of benzene rings is 2. The molecule has 0 aliphatic rings. The molecule has 5 nitrogen and oxygen atoms in total. The van der Waals surface area contributed by atoms with Crippen LogP contribution in [-0.4, -0.2) is 29.3 Å². The van der Waals surface area contributed by atoms with E-state index in [9.17, 15) is 10.0 Å². The lowest BCUT2D eigenvalue weighted by molar-refractivity contribution is -0.163. The number of nitriles is 1. The van der Waals surface area contributed by atoms with Crippen LogP contribution in [0.1, 0.15) is 31.7 Å². The molecule has 136 valence electrons. The van der Waals surface area contributed by atoms with Crippen LogP contribution in [0.15, 0.2) is 48.5 Å². The molecule has 26 heavy (non-hydrogen) atoms. The van der Waals surface area contributed by atoms with Gasteiger partial charge in [-0.2, -0.15) is 5.26 Å². The first-order valence-electron chi connectivity index (χ1n) is 8.79. The van der Waals surface area contributed by atoms with Crippen LogP contribution < -0.4 is 4.74 Å². The second-order valence-corrected chi connectivity index (χ2v) is 6.15. The lowest BCUT2D eigenvalue weighted by atomic mass is 10.0. The topological polar surface area (TPSA) is 73.6 Å². The van der Waals surface area contributed by atoms with E-state index in [1.165, 1.54) is 0 Å². The zero-order chi connectivity index (χ0) is 18.8. The number of unbranched alkanes of at least 4 members (excludes halogenated alkanes) is 1. The molecule has 1 amide bonds. The molecule has 2 aromatic carbocycles. The first-order chi connectivity index (χ1) is 12.7. The van der Waals surface area contributed by atoms with E-state index in [1.807, 2.05) is 48.5 Å². The normalized spacial score (nSPS) is 11.4. The number of rotatable bonds is 10. The summed E-state index contributed by atoms with van der Waals surface area (Å²) in [5.74, 6) is 0.683. The molecule has 1 unspecified atom stereocenters. The highest BCUT2D eigenvalue weighted by atomic mass is 16.5. The highest BCUT2D eigenvalue weighted by Crippen LogP contribution is 2.24. The zero-order valence-corrected chi connectivity index (χ0v) is 15.0. The van der Waals surface area contributed by atoms with Gasteiger partial charge in [0.2, 0.25) is 6.41 Å². The molecule has 0 spiro atoms. The van der Waals surface area contributed by atoms with Gasteiger partial charge in [-0.15, -0.1) is 0 Å². The van der Waals surface area contributed by atoms with Gasteiger partial charge < -0.3 is 4.74 Å².